The summed E-state index contributed by atoms with van der Waals surface area (Å²) in [5.41, 5.74) is 2.16. The molecule has 5 aromatic rings. The van der Waals surface area contributed by atoms with Crippen LogP contribution in [0, 0.1) is 0 Å². The number of hydrogen-bond donors (Lipinski definition) is 1. The topological polar surface area (TPSA) is 94.1 Å². The zero-order chi connectivity index (χ0) is 23.5. The third kappa shape index (κ3) is 4.35. The molecule has 0 aliphatic rings. The lowest BCUT2D eigenvalue weighted by Crippen LogP contribution is -2.31. The molecule has 0 radical (unpaired) electrons. The van der Waals surface area contributed by atoms with E-state index in [-0.39, 0.29) is 11.7 Å². The van der Waals surface area contributed by atoms with E-state index in [9.17, 15) is 9.59 Å². The monoisotopic (exact) mass is 468 g/mol. The van der Waals surface area contributed by atoms with Crippen molar-refractivity contribution < 1.29 is 14.3 Å². The van der Waals surface area contributed by atoms with Gasteiger partial charge in [0.1, 0.15) is 10.7 Å². The van der Waals surface area contributed by atoms with Gasteiger partial charge in [-0.1, -0.05) is 54.6 Å². The number of carbonyl (C=O) groups is 2. The van der Waals surface area contributed by atoms with E-state index in [0.29, 0.717) is 10.7 Å². The molecule has 0 aliphatic carbocycles. The number of aromatic nitrogens is 3. The number of thiazole rings is 1. The molecule has 2 heterocycles. The number of ether oxygens (including phenoxy) is 1. The predicted octanol–water partition coefficient (Wildman–Crippen LogP) is 4.94. The fraction of sp³-hybridized carbons (Fsp3) is 0.115. The van der Waals surface area contributed by atoms with E-state index >= 15 is 0 Å². The zero-order valence-corrected chi connectivity index (χ0v) is 19.1. The Labute approximate surface area is 199 Å². The summed E-state index contributed by atoms with van der Waals surface area (Å²) in [4.78, 5) is 38.3. The number of carbonyl (C=O) groups excluding carboxylic acids is 2. The molecule has 7 nitrogen and oxygen atoms in total. The van der Waals surface area contributed by atoms with Gasteiger partial charge < -0.3 is 10.1 Å². The average Bonchev–Trinajstić information content (AvgIpc) is 3.31. The summed E-state index contributed by atoms with van der Waals surface area (Å²) in [5, 5.41) is 5.62. The third-order valence-corrected chi connectivity index (χ3v) is 6.43. The number of rotatable bonds is 6. The maximum absolute atomic E-state index is 12.8. The van der Waals surface area contributed by atoms with Gasteiger partial charge in [-0.05, 0) is 35.4 Å². The zero-order valence-electron chi connectivity index (χ0n) is 18.3. The minimum absolute atomic E-state index is 0.0245. The minimum atomic E-state index is -0.727. The highest BCUT2D eigenvalue weighted by atomic mass is 32.1. The molecule has 0 saturated carbocycles. The molecule has 0 fully saturated rings. The highest BCUT2D eigenvalue weighted by Gasteiger charge is 2.21. The molecule has 5 rings (SSSR count). The first kappa shape index (κ1) is 21.7. The van der Waals surface area contributed by atoms with Crippen LogP contribution in [0.4, 0.5) is 0 Å². The first-order chi connectivity index (χ1) is 16.6. The van der Waals surface area contributed by atoms with Crippen LogP contribution in [-0.4, -0.2) is 33.4 Å². The maximum Gasteiger partial charge on any atom is 0.359 e. The summed E-state index contributed by atoms with van der Waals surface area (Å²) in [6, 6.07) is 21.4. The molecule has 1 unspecified atom stereocenters. The number of nitrogens with zero attached hydrogens (tertiary/aromatic N) is 3. The van der Waals surface area contributed by atoms with Crippen LogP contribution in [0.5, 0.6) is 0 Å². The SMILES string of the molecule is CC(NC(=O)COC(=O)c1nccnc1-c1nc2ccccc2s1)c1cccc2ccccc12. The second kappa shape index (κ2) is 9.36. The molecule has 1 N–H and O–H groups in total. The second-order valence-corrected chi connectivity index (χ2v) is 8.70. The summed E-state index contributed by atoms with van der Waals surface area (Å²) in [6.45, 7) is 1.47. The molecule has 168 valence electrons. The van der Waals surface area contributed by atoms with Crippen LogP contribution in [0.25, 0.3) is 31.7 Å². The number of amides is 1. The molecule has 8 heteroatoms. The normalized spacial score (nSPS) is 11.9. The number of esters is 1. The van der Waals surface area contributed by atoms with Crippen molar-refractivity contribution in [3.63, 3.8) is 0 Å². The molecular weight excluding hydrogens is 448 g/mol. The fourth-order valence-electron chi connectivity index (χ4n) is 3.81. The Morgan fingerprint density at radius 1 is 0.971 bits per heavy atom. The Balaban J connectivity index is 1.28. The van der Waals surface area contributed by atoms with Gasteiger partial charge in [0, 0.05) is 12.4 Å². The fourth-order valence-corrected chi connectivity index (χ4v) is 4.77. The summed E-state index contributed by atoms with van der Waals surface area (Å²) in [6.07, 6.45) is 2.91. The van der Waals surface area contributed by atoms with Crippen molar-refractivity contribution in [3.05, 3.63) is 90.4 Å². The molecular formula is C26H20N4O3S. The van der Waals surface area contributed by atoms with E-state index in [1.54, 1.807) is 0 Å². The molecule has 0 saturated heterocycles. The van der Waals surface area contributed by atoms with Gasteiger partial charge in [-0.25, -0.2) is 19.7 Å². The van der Waals surface area contributed by atoms with Crippen molar-refractivity contribution in [1.82, 2.24) is 20.3 Å². The molecule has 1 amide bonds. The van der Waals surface area contributed by atoms with Crippen LogP contribution in [0.15, 0.2) is 79.1 Å². The summed E-state index contributed by atoms with van der Waals surface area (Å²) in [5.74, 6) is -1.13. The van der Waals surface area contributed by atoms with Crippen LogP contribution in [-0.2, 0) is 9.53 Å². The number of benzene rings is 3. The lowest BCUT2D eigenvalue weighted by atomic mass is 10.00. The predicted molar refractivity (Wildman–Crippen MR) is 131 cm³/mol. The van der Waals surface area contributed by atoms with Gasteiger partial charge in [0.05, 0.1) is 16.3 Å². The van der Waals surface area contributed by atoms with Gasteiger partial charge >= 0.3 is 5.97 Å². The van der Waals surface area contributed by atoms with Crippen LogP contribution in [0.2, 0.25) is 0 Å². The molecule has 0 aliphatic heterocycles. The van der Waals surface area contributed by atoms with Crippen LogP contribution >= 0.6 is 11.3 Å². The first-order valence-electron chi connectivity index (χ1n) is 10.7. The van der Waals surface area contributed by atoms with Gasteiger partial charge in [-0.15, -0.1) is 11.3 Å². The standard InChI is InChI=1S/C26H20N4O3S/c1-16(18-10-6-8-17-7-2-3-9-19(17)18)29-22(31)15-33-26(32)24-23(27-13-14-28-24)25-30-20-11-4-5-12-21(20)34-25/h2-14,16H,15H2,1H3,(H,29,31). The molecule has 0 spiro atoms. The van der Waals surface area contributed by atoms with Gasteiger partial charge in [0.15, 0.2) is 12.3 Å². The van der Waals surface area contributed by atoms with Crippen LogP contribution in [0.1, 0.15) is 29.0 Å². The minimum Gasteiger partial charge on any atom is -0.451 e. The molecule has 1 atom stereocenters. The van der Waals surface area contributed by atoms with Crippen molar-refractivity contribution >= 4 is 44.2 Å². The van der Waals surface area contributed by atoms with E-state index in [1.807, 2.05) is 73.7 Å². The smallest absolute Gasteiger partial charge is 0.359 e. The van der Waals surface area contributed by atoms with Crippen molar-refractivity contribution in [2.75, 3.05) is 6.61 Å². The van der Waals surface area contributed by atoms with E-state index in [2.05, 4.69) is 20.3 Å². The molecule has 34 heavy (non-hydrogen) atoms. The van der Waals surface area contributed by atoms with Gasteiger partial charge in [0.2, 0.25) is 0 Å². The van der Waals surface area contributed by atoms with Crippen molar-refractivity contribution in [2.45, 2.75) is 13.0 Å². The highest BCUT2D eigenvalue weighted by molar-refractivity contribution is 7.21. The summed E-state index contributed by atoms with van der Waals surface area (Å²) >= 11 is 1.41. The van der Waals surface area contributed by atoms with Crippen LogP contribution in [0.3, 0.4) is 0 Å². The lowest BCUT2D eigenvalue weighted by Gasteiger charge is -2.16. The number of nitrogens with one attached hydrogen (secondary N) is 1. The highest BCUT2D eigenvalue weighted by Crippen LogP contribution is 2.30. The number of para-hydroxylation sites is 1. The summed E-state index contributed by atoms with van der Waals surface area (Å²) < 4.78 is 6.25. The van der Waals surface area contributed by atoms with E-state index in [4.69, 9.17) is 4.74 Å². The maximum atomic E-state index is 12.8. The summed E-state index contributed by atoms with van der Waals surface area (Å²) in [7, 11) is 0. The Bertz CT molecular complexity index is 1480. The largest absolute Gasteiger partial charge is 0.451 e. The van der Waals surface area contributed by atoms with E-state index in [0.717, 1.165) is 26.6 Å². The van der Waals surface area contributed by atoms with E-state index < -0.39 is 18.5 Å². The Morgan fingerprint density at radius 2 is 1.74 bits per heavy atom. The van der Waals surface area contributed by atoms with Gasteiger partial charge in [-0.3, -0.25) is 4.79 Å². The Kier molecular flexibility index (Phi) is 5.97. The van der Waals surface area contributed by atoms with Crippen molar-refractivity contribution in [3.8, 4) is 10.7 Å². The van der Waals surface area contributed by atoms with E-state index in [1.165, 1.54) is 23.7 Å². The number of fused-ring (bicyclic) bond motifs is 2. The molecule has 3 aromatic carbocycles. The van der Waals surface area contributed by atoms with Crippen molar-refractivity contribution in [1.29, 1.82) is 0 Å². The van der Waals surface area contributed by atoms with Gasteiger partial charge in [-0.2, -0.15) is 0 Å². The van der Waals surface area contributed by atoms with Gasteiger partial charge in [0.25, 0.3) is 5.91 Å². The third-order valence-electron chi connectivity index (χ3n) is 5.39. The number of hydrogen-bond acceptors (Lipinski definition) is 7. The molecule has 0 bridgehead atoms. The first-order valence-corrected chi connectivity index (χ1v) is 11.5. The lowest BCUT2D eigenvalue weighted by molar-refractivity contribution is -0.124. The average molecular weight is 469 g/mol. The van der Waals surface area contributed by atoms with Crippen LogP contribution < -0.4 is 5.32 Å². The molecule has 2 aromatic heterocycles. The Morgan fingerprint density at radius 3 is 2.62 bits per heavy atom. The second-order valence-electron chi connectivity index (χ2n) is 7.67. The Hall–Kier alpha value is -4.17. The quantitative estimate of drug-likeness (QED) is 0.355. The van der Waals surface area contributed by atoms with Crippen molar-refractivity contribution in [2.24, 2.45) is 0 Å².